The molecule has 0 aromatic rings. The number of Topliss-reactive ketones (excluding diaryl/α,β-unsaturated/α-hetero) is 1. The lowest BCUT2D eigenvalue weighted by atomic mass is 10.1. The summed E-state index contributed by atoms with van der Waals surface area (Å²) < 4.78 is 4.44. The molecule has 1 amide bonds. The van der Waals surface area contributed by atoms with Crippen LogP contribution in [0.3, 0.4) is 0 Å². The minimum Gasteiger partial charge on any atom is -0.469 e. The number of nitrogens with one attached hydrogen (secondary N) is 1. The Morgan fingerprint density at radius 1 is 1.27 bits per heavy atom. The van der Waals surface area contributed by atoms with Crippen LogP contribution in [0.4, 0.5) is 0 Å². The summed E-state index contributed by atoms with van der Waals surface area (Å²) in [6, 6.07) is -0.516. The van der Waals surface area contributed by atoms with Gasteiger partial charge in [-0.25, -0.2) is 0 Å². The largest absolute Gasteiger partial charge is 0.469 e. The minimum absolute atomic E-state index is 0.0208. The highest BCUT2D eigenvalue weighted by molar-refractivity contribution is 5.89. The van der Waals surface area contributed by atoms with Crippen LogP contribution in [0.25, 0.3) is 0 Å². The molecule has 0 aliphatic heterocycles. The zero-order valence-electron chi connectivity index (χ0n) is 9.49. The first-order valence-corrected chi connectivity index (χ1v) is 4.76. The molecule has 0 bridgehead atoms. The molecular weight excluding hydrogens is 198 g/mol. The molecule has 0 aromatic carbocycles. The molecule has 0 saturated carbocycles. The summed E-state index contributed by atoms with van der Waals surface area (Å²) in [5, 5.41) is 2.51. The number of ether oxygens (including phenoxy) is 1. The summed E-state index contributed by atoms with van der Waals surface area (Å²) in [5.74, 6) is -1.36. The maximum atomic E-state index is 11.4. The molecule has 0 rings (SSSR count). The van der Waals surface area contributed by atoms with Crippen molar-refractivity contribution in [3.63, 3.8) is 0 Å². The Balaban J connectivity index is 4.10. The summed E-state index contributed by atoms with van der Waals surface area (Å²) in [4.78, 5) is 33.2. The van der Waals surface area contributed by atoms with Gasteiger partial charge >= 0.3 is 5.97 Å². The van der Waals surface area contributed by atoms with E-state index in [0.29, 0.717) is 0 Å². The second kappa shape index (κ2) is 6.16. The summed E-state index contributed by atoms with van der Waals surface area (Å²) in [6.07, 6.45) is 0.0208. The average Bonchev–Trinajstić information content (AvgIpc) is 2.16. The van der Waals surface area contributed by atoms with Gasteiger partial charge in [-0.3, -0.25) is 14.4 Å². The molecule has 5 heteroatoms. The van der Waals surface area contributed by atoms with E-state index in [1.54, 1.807) is 13.8 Å². The first-order valence-electron chi connectivity index (χ1n) is 4.76. The van der Waals surface area contributed by atoms with E-state index >= 15 is 0 Å². The quantitative estimate of drug-likeness (QED) is 0.668. The molecule has 0 spiro atoms. The molecule has 0 saturated heterocycles. The van der Waals surface area contributed by atoms with Gasteiger partial charge in [-0.05, 0) is 13.8 Å². The van der Waals surface area contributed by atoms with Crippen molar-refractivity contribution >= 4 is 17.7 Å². The molecule has 2 atom stereocenters. The number of rotatable bonds is 5. The Kier molecular flexibility index (Phi) is 5.59. The second-order valence-corrected chi connectivity index (χ2v) is 3.52. The molecule has 5 nitrogen and oxygen atoms in total. The van der Waals surface area contributed by atoms with E-state index in [4.69, 9.17) is 0 Å². The van der Waals surface area contributed by atoms with Crippen LogP contribution in [-0.4, -0.2) is 30.8 Å². The van der Waals surface area contributed by atoms with Crippen molar-refractivity contribution in [3.05, 3.63) is 0 Å². The molecule has 86 valence electrons. The number of ketones is 1. The number of esters is 1. The Labute approximate surface area is 89.2 Å². The molecule has 2 unspecified atom stereocenters. The van der Waals surface area contributed by atoms with Crippen LogP contribution in [0.15, 0.2) is 0 Å². The monoisotopic (exact) mass is 215 g/mol. The minimum atomic E-state index is -0.516. The highest BCUT2D eigenvalue weighted by Crippen LogP contribution is 2.03. The third-order valence-electron chi connectivity index (χ3n) is 2.12. The van der Waals surface area contributed by atoms with Crippen molar-refractivity contribution in [2.75, 3.05) is 7.11 Å². The summed E-state index contributed by atoms with van der Waals surface area (Å²) in [5.41, 5.74) is 0. The van der Waals surface area contributed by atoms with Gasteiger partial charge in [0.25, 0.3) is 0 Å². The van der Waals surface area contributed by atoms with Crippen molar-refractivity contribution in [2.45, 2.75) is 33.2 Å². The van der Waals surface area contributed by atoms with Crippen LogP contribution in [0.2, 0.25) is 0 Å². The van der Waals surface area contributed by atoms with E-state index in [9.17, 15) is 14.4 Å². The van der Waals surface area contributed by atoms with Crippen LogP contribution in [0.5, 0.6) is 0 Å². The van der Waals surface area contributed by atoms with Gasteiger partial charge in [-0.15, -0.1) is 0 Å². The Morgan fingerprint density at radius 3 is 2.20 bits per heavy atom. The van der Waals surface area contributed by atoms with Gasteiger partial charge in [-0.1, -0.05) is 6.92 Å². The van der Waals surface area contributed by atoms with E-state index in [2.05, 4.69) is 10.1 Å². The maximum absolute atomic E-state index is 11.4. The van der Waals surface area contributed by atoms with E-state index < -0.39 is 17.9 Å². The van der Waals surface area contributed by atoms with Crippen molar-refractivity contribution in [1.29, 1.82) is 0 Å². The van der Waals surface area contributed by atoms with Gasteiger partial charge < -0.3 is 10.1 Å². The summed E-state index contributed by atoms with van der Waals surface area (Å²) in [6.45, 7) is 4.61. The predicted octanol–water partition coefficient (Wildman–Crippen LogP) is 0.279. The van der Waals surface area contributed by atoms with Crippen LogP contribution in [0, 0.1) is 5.92 Å². The van der Waals surface area contributed by atoms with Crippen molar-refractivity contribution in [3.8, 4) is 0 Å². The lowest BCUT2D eigenvalue weighted by Crippen LogP contribution is -2.40. The van der Waals surface area contributed by atoms with Gasteiger partial charge in [0.2, 0.25) is 5.91 Å². The number of hydrogen-bond donors (Lipinski definition) is 1. The molecule has 1 N–H and O–H groups in total. The Hall–Kier alpha value is -1.39. The number of carbonyl (C=O) groups is 3. The fraction of sp³-hybridized carbons (Fsp3) is 0.700. The number of hydrogen-bond acceptors (Lipinski definition) is 4. The van der Waals surface area contributed by atoms with E-state index in [0.717, 1.165) is 0 Å². The van der Waals surface area contributed by atoms with Gasteiger partial charge in [0.1, 0.15) is 0 Å². The first-order chi connectivity index (χ1) is 6.88. The zero-order chi connectivity index (χ0) is 12.0. The third kappa shape index (κ3) is 5.15. The summed E-state index contributed by atoms with van der Waals surface area (Å²) in [7, 11) is 1.27. The number of methoxy groups -OCH3 is 1. The maximum Gasteiger partial charge on any atom is 0.306 e. The van der Waals surface area contributed by atoms with Crippen molar-refractivity contribution < 1.29 is 19.1 Å². The predicted molar refractivity (Wildman–Crippen MR) is 54.1 cm³/mol. The summed E-state index contributed by atoms with van der Waals surface area (Å²) >= 11 is 0. The van der Waals surface area contributed by atoms with E-state index in [1.807, 2.05) is 0 Å². The average molecular weight is 215 g/mol. The van der Waals surface area contributed by atoms with Crippen LogP contribution in [-0.2, 0) is 19.1 Å². The van der Waals surface area contributed by atoms with Gasteiger partial charge in [0.15, 0.2) is 5.78 Å². The van der Waals surface area contributed by atoms with E-state index in [1.165, 1.54) is 14.0 Å². The second-order valence-electron chi connectivity index (χ2n) is 3.52. The first kappa shape index (κ1) is 13.6. The lowest BCUT2D eigenvalue weighted by molar-refractivity contribution is -0.144. The Morgan fingerprint density at radius 2 is 1.80 bits per heavy atom. The number of amides is 1. The van der Waals surface area contributed by atoms with Crippen molar-refractivity contribution in [2.24, 2.45) is 5.92 Å². The van der Waals surface area contributed by atoms with Gasteiger partial charge in [-0.2, -0.15) is 0 Å². The SMILES string of the molecule is COC(=O)CC(C)C(=O)NC(C)C(C)=O. The van der Waals surface area contributed by atoms with Crippen LogP contribution >= 0.6 is 0 Å². The topological polar surface area (TPSA) is 72.5 Å². The molecule has 0 radical (unpaired) electrons. The molecule has 15 heavy (non-hydrogen) atoms. The molecule has 0 fully saturated rings. The Bertz CT molecular complexity index is 262. The highest BCUT2D eigenvalue weighted by atomic mass is 16.5. The lowest BCUT2D eigenvalue weighted by Gasteiger charge is -2.14. The zero-order valence-corrected chi connectivity index (χ0v) is 9.49. The number of carbonyl (C=O) groups excluding carboxylic acids is 3. The molecule has 0 heterocycles. The van der Waals surface area contributed by atoms with Gasteiger partial charge in [0.05, 0.1) is 19.6 Å². The fourth-order valence-electron chi connectivity index (χ4n) is 0.883. The fourth-order valence-corrected chi connectivity index (χ4v) is 0.883. The standard InChI is InChI=1S/C10H17NO4/c1-6(5-9(13)15-4)10(14)11-7(2)8(3)12/h6-7H,5H2,1-4H3,(H,11,14). The van der Waals surface area contributed by atoms with Gasteiger partial charge in [0, 0.05) is 5.92 Å². The normalized spacial score (nSPS) is 13.9. The molecular formula is C10H17NO4. The van der Waals surface area contributed by atoms with Crippen LogP contribution in [0.1, 0.15) is 27.2 Å². The molecule has 0 aliphatic carbocycles. The van der Waals surface area contributed by atoms with Crippen molar-refractivity contribution in [1.82, 2.24) is 5.32 Å². The highest BCUT2D eigenvalue weighted by Gasteiger charge is 2.20. The van der Waals surface area contributed by atoms with Crippen LogP contribution < -0.4 is 5.32 Å². The molecule has 0 aromatic heterocycles. The third-order valence-corrected chi connectivity index (χ3v) is 2.12. The molecule has 0 aliphatic rings. The van der Waals surface area contributed by atoms with E-state index in [-0.39, 0.29) is 18.1 Å². The smallest absolute Gasteiger partial charge is 0.306 e.